The molecule has 0 amide bonds. The Morgan fingerprint density at radius 3 is 2.07 bits per heavy atom. The lowest BCUT2D eigenvalue weighted by molar-refractivity contribution is 0.187. The van der Waals surface area contributed by atoms with Crippen LogP contribution in [0.25, 0.3) is 0 Å². The Labute approximate surface area is 105 Å². The quantitative estimate of drug-likeness (QED) is 0.453. The molecule has 0 aliphatic carbocycles. The summed E-state index contributed by atoms with van der Waals surface area (Å²) in [6.07, 6.45) is 4.61. The van der Waals surface area contributed by atoms with Crippen LogP contribution in [-0.2, 0) is 8.85 Å². The Balaban J connectivity index is 3.84. The first-order chi connectivity index (χ1) is 7.26. The molecule has 0 saturated heterocycles. The highest BCUT2D eigenvalue weighted by atomic mass is 79.9. The standard InChI is InChI=1S/C11H25BrO2Si/c1-4-9-13-15(14-10-5-2)11(3)7-6-8-12/h11,15H,4-10H2,1-3H3. The summed E-state index contributed by atoms with van der Waals surface area (Å²) >= 11 is 3.47. The summed E-state index contributed by atoms with van der Waals surface area (Å²) in [5.74, 6) is 0. The molecule has 0 saturated carbocycles. The van der Waals surface area contributed by atoms with Crippen LogP contribution in [0.15, 0.2) is 0 Å². The van der Waals surface area contributed by atoms with Crippen molar-refractivity contribution in [2.24, 2.45) is 0 Å². The first-order valence-corrected chi connectivity index (χ1v) is 8.78. The third-order valence-corrected chi connectivity index (χ3v) is 5.18. The molecule has 1 unspecified atom stereocenters. The third kappa shape index (κ3) is 8.43. The molecule has 15 heavy (non-hydrogen) atoms. The van der Waals surface area contributed by atoms with E-state index < -0.39 is 9.28 Å². The fraction of sp³-hybridized carbons (Fsp3) is 1.00. The second kappa shape index (κ2) is 11.1. The van der Waals surface area contributed by atoms with E-state index in [0.717, 1.165) is 31.4 Å². The molecule has 0 aromatic heterocycles. The number of hydrogen-bond acceptors (Lipinski definition) is 2. The lowest BCUT2D eigenvalue weighted by Crippen LogP contribution is -2.28. The van der Waals surface area contributed by atoms with Crippen molar-refractivity contribution in [1.82, 2.24) is 0 Å². The monoisotopic (exact) mass is 296 g/mol. The minimum absolute atomic E-state index is 0.626. The van der Waals surface area contributed by atoms with Crippen LogP contribution < -0.4 is 0 Å². The van der Waals surface area contributed by atoms with E-state index in [0.29, 0.717) is 5.54 Å². The Kier molecular flexibility index (Phi) is 11.6. The predicted octanol–water partition coefficient (Wildman–Crippen LogP) is 3.63. The Hall–Kier alpha value is 0.617. The summed E-state index contributed by atoms with van der Waals surface area (Å²) in [4.78, 5) is 0. The number of rotatable bonds is 10. The molecule has 0 N–H and O–H groups in total. The van der Waals surface area contributed by atoms with Gasteiger partial charge in [-0.15, -0.1) is 0 Å². The van der Waals surface area contributed by atoms with E-state index in [-0.39, 0.29) is 0 Å². The molecule has 0 rings (SSSR count). The lowest BCUT2D eigenvalue weighted by atomic mass is 10.3. The van der Waals surface area contributed by atoms with E-state index in [9.17, 15) is 0 Å². The van der Waals surface area contributed by atoms with Gasteiger partial charge < -0.3 is 8.85 Å². The highest BCUT2D eigenvalue weighted by molar-refractivity contribution is 9.09. The van der Waals surface area contributed by atoms with Gasteiger partial charge >= 0.3 is 9.28 Å². The fourth-order valence-corrected chi connectivity index (χ4v) is 3.90. The predicted molar refractivity (Wildman–Crippen MR) is 72.1 cm³/mol. The van der Waals surface area contributed by atoms with Gasteiger partial charge in [-0.05, 0) is 31.2 Å². The van der Waals surface area contributed by atoms with Crippen LogP contribution in [0.1, 0.15) is 46.5 Å². The molecule has 0 aliphatic heterocycles. The third-order valence-electron chi connectivity index (χ3n) is 2.23. The molecule has 0 spiro atoms. The van der Waals surface area contributed by atoms with E-state index >= 15 is 0 Å². The van der Waals surface area contributed by atoms with E-state index in [1.54, 1.807) is 0 Å². The molecule has 0 bridgehead atoms. The maximum atomic E-state index is 5.85. The van der Waals surface area contributed by atoms with E-state index in [4.69, 9.17) is 8.85 Å². The molecule has 92 valence electrons. The smallest absolute Gasteiger partial charge is 0.324 e. The second-order valence-corrected chi connectivity index (χ2v) is 7.25. The molecule has 0 aromatic rings. The van der Waals surface area contributed by atoms with E-state index in [1.807, 2.05) is 0 Å². The largest absolute Gasteiger partial charge is 0.396 e. The van der Waals surface area contributed by atoms with Gasteiger partial charge in [0, 0.05) is 18.5 Å². The van der Waals surface area contributed by atoms with Gasteiger partial charge in [0.1, 0.15) is 0 Å². The summed E-state index contributed by atoms with van der Waals surface area (Å²) in [6, 6.07) is 0. The van der Waals surface area contributed by atoms with Crippen LogP contribution in [0.4, 0.5) is 0 Å². The van der Waals surface area contributed by atoms with Crippen LogP contribution in [0.2, 0.25) is 5.54 Å². The zero-order chi connectivity index (χ0) is 11.5. The molecular weight excluding hydrogens is 272 g/mol. The first kappa shape index (κ1) is 15.6. The fourth-order valence-electron chi connectivity index (χ4n) is 1.38. The molecule has 2 nitrogen and oxygen atoms in total. The summed E-state index contributed by atoms with van der Waals surface area (Å²) in [6.45, 7) is 8.28. The average molecular weight is 297 g/mol. The SMILES string of the molecule is CCCO[SiH](OCCC)C(C)CCCBr. The summed E-state index contributed by atoms with van der Waals surface area (Å²) in [5.41, 5.74) is 0.626. The number of hydrogen-bond donors (Lipinski definition) is 0. The molecule has 0 aliphatic rings. The van der Waals surface area contributed by atoms with Crippen molar-refractivity contribution >= 4 is 25.2 Å². The Morgan fingerprint density at radius 2 is 1.67 bits per heavy atom. The molecule has 0 radical (unpaired) electrons. The first-order valence-electron chi connectivity index (χ1n) is 6.05. The topological polar surface area (TPSA) is 18.5 Å². The van der Waals surface area contributed by atoms with Gasteiger partial charge in [-0.3, -0.25) is 0 Å². The number of alkyl halides is 1. The van der Waals surface area contributed by atoms with Crippen LogP contribution in [0, 0.1) is 0 Å². The van der Waals surface area contributed by atoms with Crippen molar-refractivity contribution < 1.29 is 8.85 Å². The maximum absolute atomic E-state index is 5.85. The zero-order valence-corrected chi connectivity index (χ0v) is 13.0. The average Bonchev–Trinajstić information content (AvgIpc) is 2.26. The highest BCUT2D eigenvalue weighted by Gasteiger charge is 2.21. The Morgan fingerprint density at radius 1 is 1.13 bits per heavy atom. The zero-order valence-electron chi connectivity index (χ0n) is 10.3. The van der Waals surface area contributed by atoms with Gasteiger partial charge in [0.2, 0.25) is 0 Å². The number of halogens is 1. The molecule has 0 aromatic carbocycles. The van der Waals surface area contributed by atoms with Crippen LogP contribution in [0.5, 0.6) is 0 Å². The maximum Gasteiger partial charge on any atom is 0.324 e. The summed E-state index contributed by atoms with van der Waals surface area (Å²) in [5, 5.41) is 1.08. The van der Waals surface area contributed by atoms with Crippen molar-refractivity contribution in [2.75, 3.05) is 18.5 Å². The highest BCUT2D eigenvalue weighted by Crippen LogP contribution is 2.19. The normalized spacial score (nSPS) is 13.4. The molecule has 1 atom stereocenters. The summed E-state index contributed by atoms with van der Waals surface area (Å²) in [7, 11) is -1.42. The van der Waals surface area contributed by atoms with Crippen LogP contribution in [0.3, 0.4) is 0 Å². The van der Waals surface area contributed by atoms with Crippen molar-refractivity contribution in [3.05, 3.63) is 0 Å². The van der Waals surface area contributed by atoms with Crippen molar-refractivity contribution in [1.29, 1.82) is 0 Å². The molecule has 0 fully saturated rings. The van der Waals surface area contributed by atoms with Crippen LogP contribution in [-0.4, -0.2) is 27.8 Å². The van der Waals surface area contributed by atoms with Gasteiger partial charge in [0.25, 0.3) is 0 Å². The van der Waals surface area contributed by atoms with Gasteiger partial charge in [0.15, 0.2) is 0 Å². The van der Waals surface area contributed by atoms with Crippen molar-refractivity contribution in [2.45, 2.75) is 52.0 Å². The molecular formula is C11H25BrO2Si. The minimum atomic E-state index is -1.42. The van der Waals surface area contributed by atoms with Gasteiger partial charge in [-0.25, -0.2) is 0 Å². The van der Waals surface area contributed by atoms with Gasteiger partial charge in [-0.1, -0.05) is 36.7 Å². The van der Waals surface area contributed by atoms with Gasteiger partial charge in [0.05, 0.1) is 0 Å². The van der Waals surface area contributed by atoms with Crippen molar-refractivity contribution in [3.8, 4) is 0 Å². The lowest BCUT2D eigenvalue weighted by Gasteiger charge is -2.22. The molecule has 0 heterocycles. The second-order valence-electron chi connectivity index (χ2n) is 3.92. The summed E-state index contributed by atoms with van der Waals surface area (Å²) < 4.78 is 11.7. The van der Waals surface area contributed by atoms with Crippen LogP contribution >= 0.6 is 15.9 Å². The molecule has 4 heteroatoms. The Bertz CT molecular complexity index is 128. The van der Waals surface area contributed by atoms with E-state index in [2.05, 4.69) is 36.7 Å². The van der Waals surface area contributed by atoms with E-state index in [1.165, 1.54) is 12.8 Å². The van der Waals surface area contributed by atoms with Crippen molar-refractivity contribution in [3.63, 3.8) is 0 Å². The minimum Gasteiger partial charge on any atom is -0.396 e. The van der Waals surface area contributed by atoms with Gasteiger partial charge in [-0.2, -0.15) is 0 Å².